The van der Waals surface area contributed by atoms with Crippen molar-refractivity contribution in [2.24, 2.45) is 46.3 Å². The molecule has 4 fully saturated rings. The SMILES string of the molecule is C[C@H](CCC(=O)NCCOCCOCCOCCC(=O)NCCOCCOCCOCCOP(=O)(O)C(C)(C)C)C1CCC2C3CCC4C[C@H](O)CC[C@]4(C)C3CC[C@@]21C. The monoisotopic (exact) mass is 875 g/mol. The fraction of sp³-hybridized carbons (Fsp3) is 0.956. The third-order valence-corrected chi connectivity index (χ3v) is 16.9. The molecule has 4 saturated carbocycles. The molecule has 0 radical (unpaired) electrons. The van der Waals surface area contributed by atoms with Gasteiger partial charge in [-0.05, 0) is 131 Å². The third-order valence-electron chi connectivity index (χ3n) is 14.7. The molecule has 4 rings (SSSR count). The van der Waals surface area contributed by atoms with Crippen molar-refractivity contribution in [3.05, 3.63) is 0 Å². The van der Waals surface area contributed by atoms with Gasteiger partial charge in [0.2, 0.25) is 11.8 Å². The summed E-state index contributed by atoms with van der Waals surface area (Å²) in [6.45, 7) is 17.9. The van der Waals surface area contributed by atoms with Crippen molar-refractivity contribution in [1.29, 1.82) is 0 Å². The maximum absolute atomic E-state index is 12.7. The molecule has 2 amide bonds. The Morgan fingerprint density at radius 1 is 0.667 bits per heavy atom. The largest absolute Gasteiger partial charge is 0.393 e. The lowest BCUT2D eigenvalue weighted by atomic mass is 9.44. The Kier molecular flexibility index (Phi) is 21.7. The lowest BCUT2D eigenvalue weighted by Gasteiger charge is -2.61. The first kappa shape index (κ1) is 51.4. The number of rotatable bonds is 29. The van der Waals surface area contributed by atoms with Gasteiger partial charge in [0.25, 0.3) is 0 Å². The first-order chi connectivity index (χ1) is 28.6. The molecule has 0 spiro atoms. The number of hydrogen-bond acceptors (Lipinski definition) is 11. The summed E-state index contributed by atoms with van der Waals surface area (Å²) in [5, 5.41) is 15.4. The number of aliphatic hydroxyl groups is 1. The van der Waals surface area contributed by atoms with Gasteiger partial charge in [-0.3, -0.25) is 14.2 Å². The molecule has 0 aromatic rings. The van der Waals surface area contributed by atoms with Crippen LogP contribution >= 0.6 is 7.60 Å². The number of hydrogen-bond donors (Lipinski definition) is 4. The summed E-state index contributed by atoms with van der Waals surface area (Å²) in [4.78, 5) is 34.5. The van der Waals surface area contributed by atoms with Gasteiger partial charge in [-0.25, -0.2) is 0 Å². The number of fused-ring (bicyclic) bond motifs is 5. The summed E-state index contributed by atoms with van der Waals surface area (Å²) in [5.74, 6) is 4.42. The normalized spacial score (nSPS) is 30.5. The van der Waals surface area contributed by atoms with Crippen LogP contribution < -0.4 is 10.6 Å². The van der Waals surface area contributed by atoms with E-state index in [9.17, 15) is 24.2 Å². The smallest absolute Gasteiger partial charge is 0.333 e. The second-order valence-corrected chi connectivity index (χ2v) is 22.1. The highest BCUT2D eigenvalue weighted by Crippen LogP contribution is 2.68. The molecule has 4 N–H and O–H groups in total. The minimum atomic E-state index is -3.67. The predicted octanol–water partition coefficient (Wildman–Crippen LogP) is 6.15. The molecule has 15 heteroatoms. The van der Waals surface area contributed by atoms with Crippen molar-refractivity contribution in [3.8, 4) is 0 Å². The molecule has 14 nitrogen and oxygen atoms in total. The Morgan fingerprint density at radius 3 is 1.75 bits per heavy atom. The Hall–Kier alpha value is -1.19. The van der Waals surface area contributed by atoms with Gasteiger partial charge >= 0.3 is 7.60 Å². The van der Waals surface area contributed by atoms with Crippen LogP contribution in [0.2, 0.25) is 0 Å². The van der Waals surface area contributed by atoms with Crippen LogP contribution in [-0.4, -0.2) is 132 Å². The number of nitrogens with one attached hydrogen (secondary N) is 2. The molecule has 60 heavy (non-hydrogen) atoms. The molecule has 0 aromatic heterocycles. The second kappa shape index (κ2) is 25.3. The van der Waals surface area contributed by atoms with E-state index in [4.69, 9.17) is 32.9 Å². The number of amides is 2. The van der Waals surface area contributed by atoms with Gasteiger partial charge in [0.1, 0.15) is 0 Å². The summed E-state index contributed by atoms with van der Waals surface area (Å²) >= 11 is 0. The van der Waals surface area contributed by atoms with Gasteiger partial charge in [-0.1, -0.05) is 20.8 Å². The van der Waals surface area contributed by atoms with E-state index in [0.29, 0.717) is 121 Å². The van der Waals surface area contributed by atoms with Gasteiger partial charge in [0, 0.05) is 25.9 Å². The van der Waals surface area contributed by atoms with Gasteiger partial charge in [-0.2, -0.15) is 0 Å². The Balaban J connectivity index is 0.889. The number of ether oxygens (including phenoxy) is 6. The van der Waals surface area contributed by atoms with E-state index in [1.165, 1.54) is 44.9 Å². The minimum absolute atomic E-state index is 0.0396. The van der Waals surface area contributed by atoms with Crippen molar-refractivity contribution in [2.45, 2.75) is 130 Å². The Labute approximate surface area is 361 Å². The third kappa shape index (κ3) is 15.5. The molecule has 4 aliphatic carbocycles. The minimum Gasteiger partial charge on any atom is -0.393 e. The van der Waals surface area contributed by atoms with Crippen molar-refractivity contribution in [1.82, 2.24) is 10.6 Å². The summed E-state index contributed by atoms with van der Waals surface area (Å²) in [7, 11) is -3.67. The van der Waals surface area contributed by atoms with E-state index in [-0.39, 0.29) is 37.6 Å². The molecule has 0 bridgehead atoms. The van der Waals surface area contributed by atoms with Gasteiger partial charge in [-0.15, -0.1) is 0 Å². The summed E-state index contributed by atoms with van der Waals surface area (Å²) in [6.07, 6.45) is 12.9. The number of aliphatic hydroxyl groups excluding tert-OH is 1. The fourth-order valence-electron chi connectivity index (χ4n) is 11.1. The highest BCUT2D eigenvalue weighted by atomic mass is 31.2. The van der Waals surface area contributed by atoms with Crippen LogP contribution in [-0.2, 0) is 47.1 Å². The molecule has 6 unspecified atom stereocenters. The predicted molar refractivity (Wildman–Crippen MR) is 231 cm³/mol. The lowest BCUT2D eigenvalue weighted by molar-refractivity contribution is -0.130. The zero-order valence-corrected chi connectivity index (χ0v) is 39.0. The van der Waals surface area contributed by atoms with E-state index in [0.717, 1.165) is 37.0 Å². The van der Waals surface area contributed by atoms with Crippen LogP contribution in [0.3, 0.4) is 0 Å². The highest BCUT2D eigenvalue weighted by molar-refractivity contribution is 7.54. The van der Waals surface area contributed by atoms with Crippen LogP contribution in [0.4, 0.5) is 0 Å². The van der Waals surface area contributed by atoms with E-state index < -0.39 is 12.8 Å². The zero-order valence-electron chi connectivity index (χ0n) is 38.1. The summed E-state index contributed by atoms with van der Waals surface area (Å²) in [6, 6.07) is 0. The average molecular weight is 875 g/mol. The molecule has 0 aliphatic heterocycles. The van der Waals surface area contributed by atoms with Crippen LogP contribution in [0, 0.1) is 46.3 Å². The van der Waals surface area contributed by atoms with E-state index in [1.54, 1.807) is 20.8 Å². The molecular weight excluding hydrogens is 791 g/mol. The van der Waals surface area contributed by atoms with E-state index in [1.807, 2.05) is 0 Å². The van der Waals surface area contributed by atoms with Gasteiger partial charge in [0.15, 0.2) is 0 Å². The molecule has 0 aromatic carbocycles. The number of carbonyl (C=O) groups excluding carboxylic acids is 2. The molecule has 0 saturated heterocycles. The van der Waals surface area contributed by atoms with Crippen LogP contribution in [0.1, 0.15) is 119 Å². The molecule has 350 valence electrons. The molecule has 4 aliphatic rings. The molecule has 0 heterocycles. The van der Waals surface area contributed by atoms with Gasteiger partial charge in [0.05, 0.1) is 97.1 Å². The highest BCUT2D eigenvalue weighted by Gasteiger charge is 2.60. The first-order valence-electron chi connectivity index (χ1n) is 23.2. The fourth-order valence-corrected chi connectivity index (χ4v) is 11.8. The summed E-state index contributed by atoms with van der Waals surface area (Å²) < 4.78 is 50.0. The Bertz CT molecular complexity index is 1320. The zero-order chi connectivity index (χ0) is 43.7. The maximum Gasteiger partial charge on any atom is 0.333 e. The van der Waals surface area contributed by atoms with Crippen molar-refractivity contribution >= 4 is 19.4 Å². The Morgan fingerprint density at radius 2 is 1.17 bits per heavy atom. The van der Waals surface area contributed by atoms with Crippen LogP contribution in [0.5, 0.6) is 0 Å². The van der Waals surface area contributed by atoms with Crippen LogP contribution in [0.25, 0.3) is 0 Å². The summed E-state index contributed by atoms with van der Waals surface area (Å²) in [5.41, 5.74) is 0.812. The second-order valence-electron chi connectivity index (χ2n) is 19.5. The topological polar surface area (TPSA) is 180 Å². The van der Waals surface area contributed by atoms with E-state index in [2.05, 4.69) is 31.4 Å². The van der Waals surface area contributed by atoms with Crippen molar-refractivity contribution in [3.63, 3.8) is 0 Å². The quantitative estimate of drug-likeness (QED) is 0.0499. The van der Waals surface area contributed by atoms with Crippen molar-refractivity contribution in [2.75, 3.05) is 99.0 Å². The molecule has 10 atom stereocenters. The standard InChI is InChI=1S/C45H83N2O12P/c1-34(38-10-11-39-37-9-8-35-33-36(48)13-16-44(35,5)40(37)14-17-45(38,39)6)7-12-41(49)46-18-21-54-24-27-56-26-23-53-20-15-42(50)47-19-22-55-25-28-57-29-30-58-31-32-59-60(51,52)43(2,3)4/h34-40,48H,7-33H2,1-6H3,(H,46,49)(H,47,50)(H,51,52)/t34-,35?,36-,37?,38?,39?,40?,44+,45-/m1/s1. The lowest BCUT2D eigenvalue weighted by Crippen LogP contribution is -2.54. The average Bonchev–Trinajstić information content (AvgIpc) is 3.56. The maximum atomic E-state index is 12.7. The van der Waals surface area contributed by atoms with E-state index >= 15 is 0 Å². The van der Waals surface area contributed by atoms with Gasteiger partial charge < -0.3 is 53.6 Å². The van der Waals surface area contributed by atoms with Crippen molar-refractivity contribution < 1.29 is 57.1 Å². The molecular formula is C45H83N2O12P. The number of carbonyl (C=O) groups is 2. The van der Waals surface area contributed by atoms with Crippen LogP contribution in [0.15, 0.2) is 0 Å². The first-order valence-corrected chi connectivity index (χ1v) is 24.8.